The Balaban J connectivity index is 1.44. The van der Waals surface area contributed by atoms with Gasteiger partial charge in [0.1, 0.15) is 0 Å². The van der Waals surface area contributed by atoms with Crippen molar-refractivity contribution < 1.29 is 13.2 Å². The molecule has 0 unspecified atom stereocenters. The first-order valence-electron chi connectivity index (χ1n) is 9.84. The molecule has 31 heavy (non-hydrogen) atoms. The van der Waals surface area contributed by atoms with Crippen molar-refractivity contribution in [2.75, 3.05) is 12.4 Å². The van der Waals surface area contributed by atoms with Crippen LogP contribution in [0.3, 0.4) is 0 Å². The number of hydrogen-bond acceptors (Lipinski definition) is 3. The van der Waals surface area contributed by atoms with Crippen LogP contribution in [0, 0.1) is 0 Å². The lowest BCUT2D eigenvalue weighted by atomic mass is 10.1. The van der Waals surface area contributed by atoms with Gasteiger partial charge < -0.3 is 5.32 Å². The largest absolute Gasteiger partial charge is 0.322 e. The summed E-state index contributed by atoms with van der Waals surface area (Å²) in [6, 6.07) is 29.0. The van der Waals surface area contributed by atoms with Crippen LogP contribution in [0.4, 0.5) is 5.69 Å². The zero-order valence-corrected chi connectivity index (χ0v) is 17.8. The van der Waals surface area contributed by atoms with E-state index in [0.29, 0.717) is 5.56 Å². The van der Waals surface area contributed by atoms with Crippen LogP contribution in [0.25, 0.3) is 10.8 Å². The summed E-state index contributed by atoms with van der Waals surface area (Å²) in [6.45, 7) is 0.212. The van der Waals surface area contributed by atoms with E-state index in [2.05, 4.69) is 5.32 Å². The van der Waals surface area contributed by atoms with E-state index in [0.717, 1.165) is 22.0 Å². The van der Waals surface area contributed by atoms with Crippen LogP contribution in [0.5, 0.6) is 0 Å². The number of fused-ring (bicyclic) bond motifs is 1. The molecule has 6 heteroatoms. The highest BCUT2D eigenvalue weighted by Crippen LogP contribution is 2.20. The fourth-order valence-electron chi connectivity index (χ4n) is 3.35. The molecule has 4 aromatic rings. The third-order valence-electron chi connectivity index (χ3n) is 5.08. The number of anilines is 1. The third-order valence-corrected chi connectivity index (χ3v) is 6.90. The molecule has 0 aliphatic rings. The summed E-state index contributed by atoms with van der Waals surface area (Å²) in [5, 5.41) is 5.08. The van der Waals surface area contributed by atoms with Gasteiger partial charge in [0.2, 0.25) is 10.0 Å². The molecule has 0 spiro atoms. The second-order valence-corrected chi connectivity index (χ2v) is 9.33. The van der Waals surface area contributed by atoms with Gasteiger partial charge in [-0.1, -0.05) is 60.7 Å². The quantitative estimate of drug-likeness (QED) is 0.472. The number of carbonyl (C=O) groups excluding carboxylic acids is 1. The molecule has 1 N–H and O–H groups in total. The van der Waals surface area contributed by atoms with Gasteiger partial charge in [-0.3, -0.25) is 4.79 Å². The lowest BCUT2D eigenvalue weighted by Gasteiger charge is -2.17. The van der Waals surface area contributed by atoms with Crippen molar-refractivity contribution in [3.63, 3.8) is 0 Å². The fraction of sp³-hybridized carbons (Fsp3) is 0.0800. The van der Waals surface area contributed by atoms with E-state index in [-0.39, 0.29) is 17.3 Å². The molecule has 0 aliphatic carbocycles. The molecule has 156 valence electrons. The Labute approximate surface area is 182 Å². The standard InChI is InChI=1S/C25H22N2O3S/c1-27(31(29,30)24-9-3-2-4-10-24)18-19-11-13-21(14-12-19)25(28)26-23-16-15-20-7-5-6-8-22(20)17-23/h2-17H,18H2,1H3,(H,26,28). The maximum Gasteiger partial charge on any atom is 0.255 e. The summed E-state index contributed by atoms with van der Waals surface area (Å²) in [5.41, 5.74) is 2.02. The van der Waals surface area contributed by atoms with Crippen LogP contribution in [-0.4, -0.2) is 25.7 Å². The first-order valence-corrected chi connectivity index (χ1v) is 11.3. The van der Waals surface area contributed by atoms with Crippen LogP contribution < -0.4 is 5.32 Å². The molecular weight excluding hydrogens is 408 g/mol. The van der Waals surface area contributed by atoms with Gasteiger partial charge in [-0.15, -0.1) is 0 Å². The number of carbonyl (C=O) groups is 1. The predicted octanol–water partition coefficient (Wildman–Crippen LogP) is 4.91. The van der Waals surface area contributed by atoms with E-state index in [4.69, 9.17) is 0 Å². The Morgan fingerprint density at radius 3 is 2.16 bits per heavy atom. The van der Waals surface area contributed by atoms with Crippen LogP contribution in [0.1, 0.15) is 15.9 Å². The molecule has 0 heterocycles. The van der Waals surface area contributed by atoms with Crippen molar-refractivity contribution in [2.45, 2.75) is 11.4 Å². The molecule has 0 radical (unpaired) electrons. The maximum atomic E-state index is 12.7. The second-order valence-electron chi connectivity index (χ2n) is 7.29. The second kappa shape index (κ2) is 8.71. The van der Waals surface area contributed by atoms with Crippen molar-refractivity contribution >= 4 is 32.4 Å². The van der Waals surface area contributed by atoms with Crippen molar-refractivity contribution in [2.24, 2.45) is 0 Å². The molecule has 5 nitrogen and oxygen atoms in total. The first-order chi connectivity index (χ1) is 14.9. The predicted molar refractivity (Wildman–Crippen MR) is 123 cm³/mol. The molecule has 4 aromatic carbocycles. The van der Waals surface area contributed by atoms with Gasteiger partial charge in [-0.2, -0.15) is 4.31 Å². The average molecular weight is 431 g/mol. The zero-order chi connectivity index (χ0) is 21.8. The molecular formula is C25H22N2O3S. The fourth-order valence-corrected chi connectivity index (χ4v) is 4.53. The van der Waals surface area contributed by atoms with Crippen molar-refractivity contribution in [1.82, 2.24) is 4.31 Å². The lowest BCUT2D eigenvalue weighted by Crippen LogP contribution is -2.26. The minimum Gasteiger partial charge on any atom is -0.322 e. The van der Waals surface area contributed by atoms with E-state index in [1.54, 1.807) is 61.6 Å². The van der Waals surface area contributed by atoms with Crippen molar-refractivity contribution in [1.29, 1.82) is 0 Å². The number of rotatable bonds is 6. The molecule has 0 saturated carbocycles. The molecule has 0 atom stereocenters. The number of nitrogens with zero attached hydrogens (tertiary/aromatic N) is 1. The topological polar surface area (TPSA) is 66.5 Å². The third kappa shape index (κ3) is 4.66. The minimum absolute atomic E-state index is 0.212. The van der Waals surface area contributed by atoms with Gasteiger partial charge in [-0.05, 0) is 52.7 Å². The Morgan fingerprint density at radius 1 is 0.806 bits per heavy atom. The van der Waals surface area contributed by atoms with Gasteiger partial charge in [0.25, 0.3) is 5.91 Å². The molecule has 0 aromatic heterocycles. The molecule has 0 fully saturated rings. The highest BCUT2D eigenvalue weighted by atomic mass is 32.2. The zero-order valence-electron chi connectivity index (χ0n) is 17.0. The highest BCUT2D eigenvalue weighted by Gasteiger charge is 2.20. The summed E-state index contributed by atoms with van der Waals surface area (Å²) in [4.78, 5) is 12.9. The highest BCUT2D eigenvalue weighted by molar-refractivity contribution is 7.89. The van der Waals surface area contributed by atoms with E-state index in [1.165, 1.54) is 4.31 Å². The van der Waals surface area contributed by atoms with Crippen LogP contribution >= 0.6 is 0 Å². The number of sulfonamides is 1. The van der Waals surface area contributed by atoms with Gasteiger partial charge >= 0.3 is 0 Å². The van der Waals surface area contributed by atoms with Crippen LogP contribution in [-0.2, 0) is 16.6 Å². The number of nitrogens with one attached hydrogen (secondary N) is 1. The summed E-state index contributed by atoms with van der Waals surface area (Å²) >= 11 is 0. The Kier molecular flexibility index (Phi) is 5.84. The Hall–Kier alpha value is -3.48. The number of amides is 1. The smallest absolute Gasteiger partial charge is 0.255 e. The minimum atomic E-state index is -3.57. The first kappa shape index (κ1) is 20.8. The monoisotopic (exact) mass is 430 g/mol. The Morgan fingerprint density at radius 2 is 1.45 bits per heavy atom. The van der Waals surface area contributed by atoms with E-state index in [1.807, 2.05) is 42.5 Å². The van der Waals surface area contributed by atoms with Crippen LogP contribution in [0.15, 0.2) is 102 Å². The van der Waals surface area contributed by atoms with Gasteiger partial charge in [0.15, 0.2) is 0 Å². The van der Waals surface area contributed by atoms with E-state index < -0.39 is 10.0 Å². The lowest BCUT2D eigenvalue weighted by molar-refractivity contribution is 0.102. The average Bonchev–Trinajstić information content (AvgIpc) is 2.80. The van der Waals surface area contributed by atoms with E-state index >= 15 is 0 Å². The van der Waals surface area contributed by atoms with E-state index in [9.17, 15) is 13.2 Å². The molecule has 0 saturated heterocycles. The molecule has 1 amide bonds. The van der Waals surface area contributed by atoms with Crippen molar-refractivity contribution in [3.8, 4) is 0 Å². The number of benzene rings is 4. The van der Waals surface area contributed by atoms with Gasteiger partial charge in [-0.25, -0.2) is 8.42 Å². The summed E-state index contributed by atoms with van der Waals surface area (Å²) in [5.74, 6) is -0.216. The van der Waals surface area contributed by atoms with Crippen LogP contribution in [0.2, 0.25) is 0 Å². The summed E-state index contributed by atoms with van der Waals surface area (Å²) in [7, 11) is -2.02. The molecule has 0 bridgehead atoms. The Bertz CT molecular complexity index is 1320. The SMILES string of the molecule is CN(Cc1ccc(C(=O)Nc2ccc3ccccc3c2)cc1)S(=O)(=O)c1ccccc1. The van der Waals surface area contributed by atoms with Gasteiger partial charge in [0.05, 0.1) is 4.90 Å². The maximum absolute atomic E-state index is 12.7. The molecule has 0 aliphatic heterocycles. The summed E-state index contributed by atoms with van der Waals surface area (Å²) < 4.78 is 26.6. The number of hydrogen-bond donors (Lipinski definition) is 1. The normalized spacial score (nSPS) is 11.5. The van der Waals surface area contributed by atoms with Gasteiger partial charge in [0, 0.05) is 24.8 Å². The molecule has 4 rings (SSSR count). The van der Waals surface area contributed by atoms with Crippen molar-refractivity contribution in [3.05, 3.63) is 108 Å². The summed E-state index contributed by atoms with van der Waals surface area (Å²) in [6.07, 6.45) is 0.